The highest BCUT2D eigenvalue weighted by atomic mass is 15.0. The van der Waals surface area contributed by atoms with Crippen molar-refractivity contribution in [1.29, 1.82) is 5.41 Å². The van der Waals surface area contributed by atoms with E-state index in [2.05, 4.69) is 36.6 Å². The molecule has 0 amide bonds. The lowest BCUT2D eigenvalue weighted by atomic mass is 10.1. The Morgan fingerprint density at radius 2 is 1.93 bits per heavy atom. The molecule has 1 heterocycles. The van der Waals surface area contributed by atoms with E-state index in [1.54, 1.807) is 0 Å². The van der Waals surface area contributed by atoms with Gasteiger partial charge in [0.25, 0.3) is 0 Å². The second-order valence-corrected chi connectivity index (χ2v) is 4.22. The lowest BCUT2D eigenvalue weighted by Crippen LogP contribution is -2.11. The zero-order valence-electron chi connectivity index (χ0n) is 9.41. The third kappa shape index (κ3) is 1.56. The summed E-state index contributed by atoms with van der Waals surface area (Å²) in [7, 11) is 2.02. The van der Waals surface area contributed by atoms with E-state index in [-0.39, 0.29) is 5.92 Å². The average molecular weight is 200 g/mol. The first-order chi connectivity index (χ1) is 7.11. The Hall–Kier alpha value is -1.57. The molecule has 2 nitrogen and oxygen atoms in total. The largest absolute Gasteiger partial charge is 0.343 e. The van der Waals surface area contributed by atoms with Crippen LogP contribution in [0.1, 0.15) is 19.5 Å². The van der Waals surface area contributed by atoms with Crippen molar-refractivity contribution in [3.8, 4) is 0 Å². The Morgan fingerprint density at radius 3 is 2.53 bits per heavy atom. The number of hydrogen-bond acceptors (Lipinski definition) is 1. The van der Waals surface area contributed by atoms with Crippen molar-refractivity contribution in [3.63, 3.8) is 0 Å². The van der Waals surface area contributed by atoms with E-state index < -0.39 is 0 Å². The highest BCUT2D eigenvalue weighted by Crippen LogP contribution is 2.20. The summed E-state index contributed by atoms with van der Waals surface area (Å²) in [5.74, 6) is 0.271. The van der Waals surface area contributed by atoms with Crippen LogP contribution in [-0.4, -0.2) is 10.3 Å². The smallest absolute Gasteiger partial charge is 0.0629 e. The summed E-state index contributed by atoms with van der Waals surface area (Å²) in [5, 5.41) is 9.25. The quantitative estimate of drug-likeness (QED) is 0.721. The number of aromatic nitrogens is 1. The summed E-state index contributed by atoms with van der Waals surface area (Å²) in [6.07, 6.45) is 0. The first-order valence-corrected chi connectivity index (χ1v) is 5.24. The Morgan fingerprint density at radius 1 is 1.27 bits per heavy atom. The summed E-state index contributed by atoms with van der Waals surface area (Å²) >= 11 is 0. The molecule has 0 radical (unpaired) electrons. The van der Waals surface area contributed by atoms with Gasteiger partial charge in [-0.15, -0.1) is 0 Å². The van der Waals surface area contributed by atoms with Crippen molar-refractivity contribution < 1.29 is 0 Å². The molecule has 2 rings (SSSR count). The Balaban J connectivity index is 2.63. The molecule has 0 aliphatic heterocycles. The van der Waals surface area contributed by atoms with Crippen LogP contribution in [-0.2, 0) is 7.05 Å². The molecule has 0 saturated heterocycles. The van der Waals surface area contributed by atoms with E-state index >= 15 is 0 Å². The zero-order valence-corrected chi connectivity index (χ0v) is 9.41. The maximum atomic E-state index is 8.04. The number of rotatable bonds is 2. The van der Waals surface area contributed by atoms with Crippen LogP contribution < -0.4 is 0 Å². The summed E-state index contributed by atoms with van der Waals surface area (Å²) in [5.41, 5.74) is 2.91. The van der Waals surface area contributed by atoms with Crippen molar-refractivity contribution >= 4 is 16.6 Å². The van der Waals surface area contributed by atoms with Gasteiger partial charge >= 0.3 is 0 Å². The van der Waals surface area contributed by atoms with Crippen molar-refractivity contribution in [3.05, 3.63) is 36.0 Å². The van der Waals surface area contributed by atoms with Gasteiger partial charge in [-0.1, -0.05) is 32.0 Å². The van der Waals surface area contributed by atoms with Gasteiger partial charge in [-0.05, 0) is 18.1 Å². The van der Waals surface area contributed by atoms with E-state index in [0.717, 1.165) is 5.69 Å². The van der Waals surface area contributed by atoms with E-state index in [4.69, 9.17) is 5.41 Å². The summed E-state index contributed by atoms with van der Waals surface area (Å²) in [6, 6.07) is 10.3. The molecule has 0 unspecified atom stereocenters. The van der Waals surface area contributed by atoms with Gasteiger partial charge in [0.15, 0.2) is 0 Å². The third-order valence-electron chi connectivity index (χ3n) is 2.80. The van der Waals surface area contributed by atoms with Crippen LogP contribution >= 0.6 is 0 Å². The SMILES string of the molecule is CC(C)C(=N)c1cc2ccccc2n1C. The predicted molar refractivity (Wildman–Crippen MR) is 64.6 cm³/mol. The maximum Gasteiger partial charge on any atom is 0.0629 e. The van der Waals surface area contributed by atoms with Gasteiger partial charge in [0.1, 0.15) is 0 Å². The highest BCUT2D eigenvalue weighted by Gasteiger charge is 2.12. The van der Waals surface area contributed by atoms with Gasteiger partial charge in [0, 0.05) is 18.0 Å². The lowest BCUT2D eigenvalue weighted by Gasteiger charge is -2.08. The van der Waals surface area contributed by atoms with E-state index in [9.17, 15) is 0 Å². The van der Waals surface area contributed by atoms with Crippen molar-refractivity contribution in [2.75, 3.05) is 0 Å². The second-order valence-electron chi connectivity index (χ2n) is 4.22. The molecule has 2 aromatic rings. The minimum atomic E-state index is 0.271. The zero-order chi connectivity index (χ0) is 11.0. The highest BCUT2D eigenvalue weighted by molar-refractivity contribution is 6.02. The fourth-order valence-corrected chi connectivity index (χ4v) is 1.84. The van der Waals surface area contributed by atoms with Crippen LogP contribution in [0.25, 0.3) is 10.9 Å². The van der Waals surface area contributed by atoms with Crippen molar-refractivity contribution in [2.45, 2.75) is 13.8 Å². The molecule has 1 N–H and O–H groups in total. The van der Waals surface area contributed by atoms with E-state index in [1.165, 1.54) is 10.9 Å². The minimum absolute atomic E-state index is 0.271. The first kappa shape index (κ1) is 9.97. The van der Waals surface area contributed by atoms with Crippen molar-refractivity contribution in [2.24, 2.45) is 13.0 Å². The van der Waals surface area contributed by atoms with Gasteiger partial charge in [-0.25, -0.2) is 0 Å². The second kappa shape index (κ2) is 3.54. The molecular weight excluding hydrogens is 184 g/mol. The number of benzene rings is 1. The number of nitrogens with zero attached hydrogens (tertiary/aromatic N) is 1. The van der Waals surface area contributed by atoms with Crippen LogP contribution in [0.2, 0.25) is 0 Å². The van der Waals surface area contributed by atoms with E-state index in [0.29, 0.717) is 5.71 Å². The Bertz CT molecular complexity index is 506. The molecule has 0 aliphatic carbocycles. The fraction of sp³-hybridized carbons (Fsp3) is 0.308. The van der Waals surface area contributed by atoms with Crippen molar-refractivity contribution in [1.82, 2.24) is 4.57 Å². The molecule has 0 saturated carbocycles. The molecule has 0 fully saturated rings. The molecular formula is C13H16N2. The summed E-state index contributed by atoms with van der Waals surface area (Å²) in [4.78, 5) is 0. The molecule has 1 aromatic heterocycles. The summed E-state index contributed by atoms with van der Waals surface area (Å²) in [6.45, 7) is 4.11. The van der Waals surface area contributed by atoms with Crippen LogP contribution in [0.5, 0.6) is 0 Å². The predicted octanol–water partition coefficient (Wildman–Crippen LogP) is 3.20. The van der Waals surface area contributed by atoms with Gasteiger partial charge in [-0.2, -0.15) is 0 Å². The maximum absolute atomic E-state index is 8.04. The van der Waals surface area contributed by atoms with Crippen LogP contribution in [0.4, 0.5) is 0 Å². The monoisotopic (exact) mass is 200 g/mol. The van der Waals surface area contributed by atoms with E-state index in [1.807, 2.05) is 19.2 Å². The molecule has 78 valence electrons. The standard InChI is InChI=1S/C13H16N2/c1-9(2)13(14)12-8-10-6-4-5-7-11(10)15(12)3/h4-9,14H,1-3H3. The summed E-state index contributed by atoms with van der Waals surface area (Å²) < 4.78 is 2.09. The lowest BCUT2D eigenvalue weighted by molar-refractivity contribution is 0.850. The molecule has 1 aromatic carbocycles. The van der Waals surface area contributed by atoms with Gasteiger partial charge < -0.3 is 9.98 Å². The van der Waals surface area contributed by atoms with Gasteiger partial charge in [-0.3, -0.25) is 0 Å². The van der Waals surface area contributed by atoms with Crippen LogP contribution in [0.15, 0.2) is 30.3 Å². The van der Waals surface area contributed by atoms with Crippen LogP contribution in [0, 0.1) is 11.3 Å². The normalized spacial score (nSPS) is 11.2. The molecule has 0 aliphatic rings. The minimum Gasteiger partial charge on any atom is -0.343 e. The molecule has 2 heteroatoms. The molecule has 0 bridgehead atoms. The topological polar surface area (TPSA) is 28.8 Å². The van der Waals surface area contributed by atoms with Gasteiger partial charge in [0.05, 0.1) is 11.4 Å². The number of fused-ring (bicyclic) bond motifs is 1. The number of aryl methyl sites for hydroxylation is 1. The Kier molecular flexibility index (Phi) is 2.35. The molecule has 0 spiro atoms. The molecule has 0 atom stereocenters. The number of nitrogens with one attached hydrogen (secondary N) is 1. The fourth-order valence-electron chi connectivity index (χ4n) is 1.84. The average Bonchev–Trinajstić information content (AvgIpc) is 2.56. The van der Waals surface area contributed by atoms with Crippen LogP contribution in [0.3, 0.4) is 0 Å². The Labute approximate surface area is 90.0 Å². The first-order valence-electron chi connectivity index (χ1n) is 5.24. The molecule has 15 heavy (non-hydrogen) atoms. The third-order valence-corrected chi connectivity index (χ3v) is 2.80. The number of hydrogen-bond donors (Lipinski definition) is 1. The number of para-hydroxylation sites is 1. The van der Waals surface area contributed by atoms with Gasteiger partial charge in [0.2, 0.25) is 0 Å².